The van der Waals surface area contributed by atoms with Crippen LogP contribution in [0.15, 0.2) is 18.2 Å². The molecule has 116 valence electrons. The molecule has 3 aliphatic rings. The van der Waals surface area contributed by atoms with Crippen LogP contribution in [0.2, 0.25) is 0 Å². The maximum atomic E-state index is 12.0. The molecule has 1 saturated heterocycles. The van der Waals surface area contributed by atoms with Crippen LogP contribution >= 0.6 is 0 Å². The number of aryl methyl sites for hydroxylation is 1. The molecule has 0 spiro atoms. The molecule has 3 atom stereocenters. The van der Waals surface area contributed by atoms with Gasteiger partial charge in [0.1, 0.15) is 0 Å². The SMILES string of the molecule is CC1=CCC[C@H]2CCc3ccc([C@@H]4CCOC(=O)[C@H]4C)c1c32. The standard InChI is InChI=1S/C20H24O2/c1-12-4-3-5-14-6-7-15-8-9-17(18(12)19(14)15)16-10-11-22-20(21)13(16)2/h4,8-9,13-14,16H,3,5-7,10-11H2,1-2H3/t13-,14-,16+/m0/s1. The molecule has 2 aliphatic carbocycles. The Kier molecular flexibility index (Phi) is 3.36. The molecule has 1 aromatic carbocycles. The van der Waals surface area contributed by atoms with Gasteiger partial charge in [0.15, 0.2) is 0 Å². The zero-order chi connectivity index (χ0) is 15.3. The van der Waals surface area contributed by atoms with Gasteiger partial charge in [-0.15, -0.1) is 0 Å². The molecule has 22 heavy (non-hydrogen) atoms. The highest BCUT2D eigenvalue weighted by atomic mass is 16.5. The Morgan fingerprint density at radius 2 is 2.05 bits per heavy atom. The van der Waals surface area contributed by atoms with Crippen LogP contribution in [0.5, 0.6) is 0 Å². The summed E-state index contributed by atoms with van der Waals surface area (Å²) in [7, 11) is 0. The highest BCUT2D eigenvalue weighted by Gasteiger charge is 2.35. The van der Waals surface area contributed by atoms with Crippen LogP contribution in [0.25, 0.3) is 5.57 Å². The lowest BCUT2D eigenvalue weighted by Gasteiger charge is -2.31. The molecule has 0 unspecified atom stereocenters. The molecule has 2 heteroatoms. The summed E-state index contributed by atoms with van der Waals surface area (Å²) in [5.74, 6) is 0.975. The van der Waals surface area contributed by atoms with Crippen LogP contribution in [0.3, 0.4) is 0 Å². The summed E-state index contributed by atoms with van der Waals surface area (Å²) in [4.78, 5) is 12.0. The fourth-order valence-corrected chi connectivity index (χ4v) is 4.74. The Hall–Kier alpha value is -1.57. The largest absolute Gasteiger partial charge is 0.465 e. The van der Waals surface area contributed by atoms with Crippen LogP contribution in [0.4, 0.5) is 0 Å². The molecule has 0 bridgehead atoms. The van der Waals surface area contributed by atoms with E-state index >= 15 is 0 Å². The first-order valence-electron chi connectivity index (χ1n) is 8.66. The Labute approximate surface area is 132 Å². The summed E-state index contributed by atoms with van der Waals surface area (Å²) >= 11 is 0. The summed E-state index contributed by atoms with van der Waals surface area (Å²) in [6, 6.07) is 4.64. The van der Waals surface area contributed by atoms with E-state index in [9.17, 15) is 4.79 Å². The lowest BCUT2D eigenvalue weighted by atomic mass is 9.77. The van der Waals surface area contributed by atoms with Gasteiger partial charge >= 0.3 is 5.97 Å². The van der Waals surface area contributed by atoms with Crippen LogP contribution in [-0.4, -0.2) is 12.6 Å². The molecule has 1 fully saturated rings. The highest BCUT2D eigenvalue weighted by Crippen LogP contribution is 2.47. The number of hydrogen-bond acceptors (Lipinski definition) is 2. The summed E-state index contributed by atoms with van der Waals surface area (Å²) in [5.41, 5.74) is 7.44. The number of hydrogen-bond donors (Lipinski definition) is 0. The number of allylic oxidation sites excluding steroid dienone is 2. The Morgan fingerprint density at radius 1 is 1.18 bits per heavy atom. The van der Waals surface area contributed by atoms with Crippen molar-refractivity contribution < 1.29 is 9.53 Å². The third-order valence-corrected chi connectivity index (χ3v) is 5.95. The van der Waals surface area contributed by atoms with Crippen LogP contribution in [0.1, 0.15) is 73.6 Å². The smallest absolute Gasteiger partial charge is 0.309 e. The molecule has 0 aromatic heterocycles. The van der Waals surface area contributed by atoms with Crippen molar-refractivity contribution in [1.29, 1.82) is 0 Å². The topological polar surface area (TPSA) is 26.3 Å². The Morgan fingerprint density at radius 3 is 2.91 bits per heavy atom. The zero-order valence-corrected chi connectivity index (χ0v) is 13.5. The number of carbonyl (C=O) groups is 1. The average Bonchev–Trinajstić information content (AvgIpc) is 2.84. The fourth-order valence-electron chi connectivity index (χ4n) is 4.74. The predicted octanol–water partition coefficient (Wildman–Crippen LogP) is 4.58. The van der Waals surface area contributed by atoms with Gasteiger partial charge in [0.25, 0.3) is 0 Å². The van der Waals surface area contributed by atoms with Gasteiger partial charge in [0, 0.05) is 5.92 Å². The summed E-state index contributed by atoms with van der Waals surface area (Å²) in [5, 5.41) is 0. The van der Waals surface area contributed by atoms with Gasteiger partial charge in [-0.3, -0.25) is 4.79 Å². The third-order valence-electron chi connectivity index (χ3n) is 5.95. The Balaban J connectivity index is 1.88. The molecule has 0 radical (unpaired) electrons. The third kappa shape index (κ3) is 2.04. The Bertz CT molecular complexity index is 656. The minimum absolute atomic E-state index is 0.0287. The van der Waals surface area contributed by atoms with E-state index in [1.165, 1.54) is 42.4 Å². The van der Waals surface area contributed by atoms with Gasteiger partial charge in [0.2, 0.25) is 0 Å². The average molecular weight is 296 g/mol. The maximum Gasteiger partial charge on any atom is 0.309 e. The highest BCUT2D eigenvalue weighted by molar-refractivity contribution is 5.77. The molecule has 1 aromatic rings. The van der Waals surface area contributed by atoms with Crippen molar-refractivity contribution >= 4 is 11.5 Å². The van der Waals surface area contributed by atoms with Gasteiger partial charge in [-0.05, 0) is 72.8 Å². The monoisotopic (exact) mass is 296 g/mol. The number of carbonyl (C=O) groups excluding carboxylic acids is 1. The van der Waals surface area contributed by atoms with Crippen LogP contribution in [-0.2, 0) is 16.0 Å². The van der Waals surface area contributed by atoms with E-state index in [0.29, 0.717) is 12.5 Å². The summed E-state index contributed by atoms with van der Waals surface area (Å²) < 4.78 is 5.24. The molecular weight excluding hydrogens is 272 g/mol. The second-order valence-electron chi connectivity index (χ2n) is 7.15. The fraction of sp³-hybridized carbons (Fsp3) is 0.550. The minimum atomic E-state index is -0.0317. The molecule has 2 nitrogen and oxygen atoms in total. The first kappa shape index (κ1) is 14.0. The van der Waals surface area contributed by atoms with Gasteiger partial charge in [-0.2, -0.15) is 0 Å². The van der Waals surface area contributed by atoms with Crippen molar-refractivity contribution in [2.24, 2.45) is 5.92 Å². The van der Waals surface area contributed by atoms with Crippen molar-refractivity contribution in [3.05, 3.63) is 40.5 Å². The van der Waals surface area contributed by atoms with E-state index in [-0.39, 0.29) is 11.9 Å². The molecule has 1 aliphatic heterocycles. The quantitative estimate of drug-likeness (QED) is 0.709. The predicted molar refractivity (Wildman–Crippen MR) is 87.9 cm³/mol. The second kappa shape index (κ2) is 5.26. The number of ether oxygens (including phenoxy) is 1. The lowest BCUT2D eigenvalue weighted by molar-refractivity contribution is -0.153. The van der Waals surface area contributed by atoms with Gasteiger partial charge in [-0.25, -0.2) is 0 Å². The molecule has 0 N–H and O–H groups in total. The van der Waals surface area contributed by atoms with E-state index < -0.39 is 0 Å². The maximum absolute atomic E-state index is 12.0. The second-order valence-corrected chi connectivity index (χ2v) is 7.15. The van der Waals surface area contributed by atoms with Crippen LogP contribution in [0, 0.1) is 5.92 Å². The van der Waals surface area contributed by atoms with E-state index in [1.54, 1.807) is 11.1 Å². The van der Waals surface area contributed by atoms with Gasteiger partial charge in [-0.1, -0.05) is 25.1 Å². The number of cyclic esters (lactones) is 1. The van der Waals surface area contributed by atoms with Crippen molar-refractivity contribution in [2.75, 3.05) is 6.61 Å². The van der Waals surface area contributed by atoms with Crippen molar-refractivity contribution in [3.63, 3.8) is 0 Å². The summed E-state index contributed by atoms with van der Waals surface area (Å²) in [6.07, 6.45) is 8.35. The van der Waals surface area contributed by atoms with E-state index in [0.717, 1.165) is 12.3 Å². The van der Waals surface area contributed by atoms with Crippen molar-refractivity contribution in [1.82, 2.24) is 0 Å². The number of esters is 1. The first-order valence-corrected chi connectivity index (χ1v) is 8.66. The zero-order valence-electron chi connectivity index (χ0n) is 13.5. The first-order chi connectivity index (χ1) is 10.7. The van der Waals surface area contributed by atoms with Gasteiger partial charge < -0.3 is 4.74 Å². The number of benzene rings is 1. The van der Waals surface area contributed by atoms with E-state index in [2.05, 4.69) is 25.1 Å². The van der Waals surface area contributed by atoms with E-state index in [1.807, 2.05) is 6.92 Å². The molecule has 4 rings (SSSR count). The molecule has 0 saturated carbocycles. The van der Waals surface area contributed by atoms with Crippen molar-refractivity contribution in [3.8, 4) is 0 Å². The lowest BCUT2D eigenvalue weighted by Crippen LogP contribution is -2.29. The van der Waals surface area contributed by atoms with E-state index in [4.69, 9.17) is 4.74 Å². The molecule has 0 amide bonds. The molecular formula is C20H24O2. The number of rotatable bonds is 1. The van der Waals surface area contributed by atoms with Gasteiger partial charge in [0.05, 0.1) is 12.5 Å². The normalized spacial score (nSPS) is 30.4. The summed E-state index contributed by atoms with van der Waals surface area (Å²) in [6.45, 7) is 4.85. The van der Waals surface area contributed by atoms with Crippen molar-refractivity contribution in [2.45, 2.75) is 57.8 Å². The molecule has 1 heterocycles. The minimum Gasteiger partial charge on any atom is -0.465 e. The van der Waals surface area contributed by atoms with Crippen LogP contribution < -0.4 is 0 Å².